The van der Waals surface area contributed by atoms with Gasteiger partial charge in [0.05, 0.1) is 17.2 Å². The highest BCUT2D eigenvalue weighted by Gasteiger charge is 2.17. The summed E-state index contributed by atoms with van der Waals surface area (Å²) in [5, 5.41) is 3.23. The molecule has 3 rings (SSSR count). The number of nitrogens with one attached hydrogen (secondary N) is 1. The molecule has 0 radical (unpaired) electrons. The summed E-state index contributed by atoms with van der Waals surface area (Å²) in [4.78, 5) is 13.3. The normalized spacial score (nSPS) is 13.1. The molecule has 0 bridgehead atoms. The van der Waals surface area contributed by atoms with Gasteiger partial charge in [-0.05, 0) is 48.6 Å². The fourth-order valence-corrected chi connectivity index (χ4v) is 3.30. The maximum Gasteiger partial charge on any atom is 0.252 e. The van der Waals surface area contributed by atoms with E-state index < -0.39 is 0 Å². The van der Waals surface area contributed by atoms with E-state index in [1.54, 1.807) is 12.1 Å². The van der Waals surface area contributed by atoms with Crippen molar-refractivity contribution in [1.29, 1.82) is 0 Å². The fraction of sp³-hybridized carbons (Fsp3) is 0.278. The van der Waals surface area contributed by atoms with E-state index in [0.29, 0.717) is 47.0 Å². The first-order chi connectivity index (χ1) is 12.1. The van der Waals surface area contributed by atoms with E-state index in [1.165, 1.54) is 23.9 Å². The minimum absolute atomic E-state index is 0.148. The van der Waals surface area contributed by atoms with Crippen LogP contribution in [-0.2, 0) is 17.8 Å². The Kier molecular flexibility index (Phi) is 5.83. The van der Waals surface area contributed by atoms with E-state index in [9.17, 15) is 9.18 Å². The maximum absolute atomic E-state index is 13.7. The Morgan fingerprint density at radius 3 is 3.00 bits per heavy atom. The molecule has 1 amide bonds. The number of ether oxygens (including phenoxy) is 2. The zero-order valence-electron chi connectivity index (χ0n) is 13.6. The molecular weight excluding hydrogens is 365 g/mol. The van der Waals surface area contributed by atoms with Crippen molar-refractivity contribution in [3.05, 3.63) is 57.9 Å². The van der Waals surface area contributed by atoms with Crippen LogP contribution in [0.15, 0.2) is 35.2 Å². The number of carbonyl (C=O) groups excluding carboxylic acids is 1. The number of benzene rings is 2. The molecule has 2 aromatic carbocycles. The Morgan fingerprint density at radius 2 is 2.20 bits per heavy atom. The minimum atomic E-state index is -0.343. The third-order valence-electron chi connectivity index (χ3n) is 3.85. The van der Waals surface area contributed by atoms with Crippen molar-refractivity contribution in [1.82, 2.24) is 5.32 Å². The number of rotatable bonds is 5. The lowest BCUT2D eigenvalue weighted by Gasteiger charge is -2.21. The first kappa shape index (κ1) is 18.0. The Hall–Kier alpha value is -1.76. The second kappa shape index (κ2) is 8.08. The van der Waals surface area contributed by atoms with Crippen LogP contribution in [0.3, 0.4) is 0 Å². The van der Waals surface area contributed by atoms with E-state index >= 15 is 0 Å². The topological polar surface area (TPSA) is 47.6 Å². The van der Waals surface area contributed by atoms with E-state index in [0.717, 1.165) is 4.90 Å². The minimum Gasteiger partial charge on any atom is -0.467 e. The molecule has 2 aromatic rings. The summed E-state index contributed by atoms with van der Waals surface area (Å²) in [6.45, 7) is 0.817. The molecule has 1 N–H and O–H groups in total. The van der Waals surface area contributed by atoms with Gasteiger partial charge in [0.2, 0.25) is 0 Å². The van der Waals surface area contributed by atoms with Crippen molar-refractivity contribution in [2.45, 2.75) is 17.9 Å². The van der Waals surface area contributed by atoms with Crippen LogP contribution in [0, 0.1) is 5.82 Å². The summed E-state index contributed by atoms with van der Waals surface area (Å²) in [7, 11) is 0. The molecule has 1 aliphatic rings. The van der Waals surface area contributed by atoms with Crippen LogP contribution in [-0.4, -0.2) is 25.5 Å². The zero-order valence-corrected chi connectivity index (χ0v) is 15.2. The number of hydrogen-bond donors (Lipinski definition) is 1. The first-order valence-corrected chi connectivity index (χ1v) is 9.32. The number of halogens is 2. The van der Waals surface area contributed by atoms with Crippen molar-refractivity contribution in [2.75, 3.05) is 19.6 Å². The molecule has 4 nitrogen and oxygen atoms in total. The summed E-state index contributed by atoms with van der Waals surface area (Å²) in [6.07, 6.45) is 2.38. The van der Waals surface area contributed by atoms with Crippen LogP contribution in [0.5, 0.6) is 5.75 Å². The summed E-state index contributed by atoms with van der Waals surface area (Å²) in [6, 6.07) is 8.16. The van der Waals surface area contributed by atoms with Crippen molar-refractivity contribution < 1.29 is 18.7 Å². The SMILES string of the molecule is CSc1ccc(Cl)c(C(=O)NCCc2cc(F)cc3c2OCOC3)c1. The fourth-order valence-electron chi connectivity index (χ4n) is 2.65. The van der Waals surface area contributed by atoms with Gasteiger partial charge < -0.3 is 14.8 Å². The van der Waals surface area contributed by atoms with E-state index in [-0.39, 0.29) is 18.5 Å². The third-order valence-corrected chi connectivity index (χ3v) is 4.90. The largest absolute Gasteiger partial charge is 0.467 e. The van der Waals surface area contributed by atoms with Crippen molar-refractivity contribution in [2.24, 2.45) is 0 Å². The molecule has 0 aromatic heterocycles. The highest BCUT2D eigenvalue weighted by Crippen LogP contribution is 2.29. The molecule has 1 aliphatic heterocycles. The van der Waals surface area contributed by atoms with Gasteiger partial charge in [0.15, 0.2) is 6.79 Å². The van der Waals surface area contributed by atoms with Gasteiger partial charge in [-0.1, -0.05) is 11.6 Å². The van der Waals surface area contributed by atoms with Crippen LogP contribution >= 0.6 is 23.4 Å². The number of amides is 1. The Bertz CT molecular complexity index is 800. The molecule has 0 atom stereocenters. The maximum atomic E-state index is 13.7. The molecule has 0 aliphatic carbocycles. The number of thioether (sulfide) groups is 1. The Labute approximate surface area is 154 Å². The molecule has 0 fully saturated rings. The number of hydrogen-bond acceptors (Lipinski definition) is 4. The monoisotopic (exact) mass is 381 g/mol. The van der Waals surface area contributed by atoms with Crippen LogP contribution < -0.4 is 10.1 Å². The predicted octanol–water partition coefficient (Wildman–Crippen LogP) is 4.04. The van der Waals surface area contributed by atoms with Crippen LogP contribution in [0.1, 0.15) is 21.5 Å². The highest BCUT2D eigenvalue weighted by atomic mass is 35.5. The van der Waals surface area contributed by atoms with Gasteiger partial charge in [0.25, 0.3) is 5.91 Å². The predicted molar refractivity (Wildman–Crippen MR) is 96.0 cm³/mol. The lowest BCUT2D eigenvalue weighted by Crippen LogP contribution is -2.26. The van der Waals surface area contributed by atoms with E-state index in [2.05, 4.69) is 5.32 Å². The van der Waals surface area contributed by atoms with Gasteiger partial charge in [-0.2, -0.15) is 0 Å². The van der Waals surface area contributed by atoms with Gasteiger partial charge in [-0.3, -0.25) is 4.79 Å². The van der Waals surface area contributed by atoms with Crippen LogP contribution in [0.25, 0.3) is 0 Å². The standard InChI is InChI=1S/C18H17ClFNO3S/c1-25-14-2-3-16(19)15(8-14)18(22)21-5-4-11-6-13(20)7-12-9-23-10-24-17(11)12/h2-3,6-8H,4-5,9-10H2,1H3,(H,21,22). The summed E-state index contributed by atoms with van der Waals surface area (Å²) in [5.74, 6) is 0.0460. The second-order valence-corrected chi connectivity index (χ2v) is 6.80. The van der Waals surface area contributed by atoms with Gasteiger partial charge in [0, 0.05) is 17.0 Å². The van der Waals surface area contributed by atoms with E-state index in [1.807, 2.05) is 12.3 Å². The van der Waals surface area contributed by atoms with Crippen molar-refractivity contribution in [3.8, 4) is 5.75 Å². The van der Waals surface area contributed by atoms with Crippen molar-refractivity contribution in [3.63, 3.8) is 0 Å². The summed E-state index contributed by atoms with van der Waals surface area (Å²) < 4.78 is 24.4. The molecule has 0 unspecified atom stereocenters. The lowest BCUT2D eigenvalue weighted by atomic mass is 10.1. The Balaban J connectivity index is 1.67. The first-order valence-electron chi connectivity index (χ1n) is 7.72. The summed E-state index contributed by atoms with van der Waals surface area (Å²) >= 11 is 7.64. The van der Waals surface area contributed by atoms with Gasteiger partial charge in [0.1, 0.15) is 11.6 Å². The van der Waals surface area contributed by atoms with E-state index in [4.69, 9.17) is 21.1 Å². The van der Waals surface area contributed by atoms with Gasteiger partial charge in [-0.25, -0.2) is 4.39 Å². The average Bonchev–Trinajstić information content (AvgIpc) is 2.61. The van der Waals surface area contributed by atoms with Crippen LogP contribution in [0.2, 0.25) is 5.02 Å². The molecule has 1 heterocycles. The second-order valence-electron chi connectivity index (χ2n) is 5.52. The third kappa shape index (κ3) is 4.26. The van der Waals surface area contributed by atoms with Gasteiger partial charge in [-0.15, -0.1) is 11.8 Å². The zero-order chi connectivity index (χ0) is 17.8. The highest BCUT2D eigenvalue weighted by molar-refractivity contribution is 7.98. The quantitative estimate of drug-likeness (QED) is 0.794. The molecule has 0 spiro atoms. The summed E-state index contributed by atoms with van der Waals surface area (Å²) in [5.41, 5.74) is 1.82. The molecular formula is C18H17ClFNO3S. The number of fused-ring (bicyclic) bond motifs is 1. The molecule has 7 heteroatoms. The van der Waals surface area contributed by atoms with Gasteiger partial charge >= 0.3 is 0 Å². The average molecular weight is 382 g/mol. The van der Waals surface area contributed by atoms with Crippen LogP contribution in [0.4, 0.5) is 4.39 Å². The smallest absolute Gasteiger partial charge is 0.252 e. The molecule has 25 heavy (non-hydrogen) atoms. The Morgan fingerprint density at radius 1 is 1.36 bits per heavy atom. The molecule has 0 saturated carbocycles. The molecule has 132 valence electrons. The van der Waals surface area contributed by atoms with Crippen molar-refractivity contribution >= 4 is 29.3 Å². The molecule has 0 saturated heterocycles. The lowest BCUT2D eigenvalue weighted by molar-refractivity contribution is -0.0172. The number of carbonyl (C=O) groups is 1.